The highest BCUT2D eigenvalue weighted by atomic mass is 16.6. The van der Waals surface area contributed by atoms with E-state index in [2.05, 4.69) is 20.8 Å². The molecule has 2 amide bonds. The number of fused-ring (bicyclic) bond motifs is 2. The van der Waals surface area contributed by atoms with Crippen molar-refractivity contribution in [3.8, 4) is 0 Å². The van der Waals surface area contributed by atoms with Crippen LogP contribution in [0.15, 0.2) is 54.9 Å². The molecule has 0 radical (unpaired) electrons. The van der Waals surface area contributed by atoms with Crippen molar-refractivity contribution in [2.24, 2.45) is 7.05 Å². The second kappa shape index (κ2) is 8.93. The summed E-state index contributed by atoms with van der Waals surface area (Å²) in [5, 5.41) is 14.9. The van der Waals surface area contributed by atoms with Crippen molar-refractivity contribution >= 4 is 28.6 Å². The molecule has 9 heteroatoms. The Kier molecular flexibility index (Phi) is 6.04. The van der Waals surface area contributed by atoms with Gasteiger partial charge in [0.1, 0.15) is 11.6 Å². The van der Waals surface area contributed by atoms with Gasteiger partial charge in [-0.2, -0.15) is 0 Å². The first-order chi connectivity index (χ1) is 15.7. The number of nitrogens with zero attached hydrogens (tertiary/aromatic N) is 4. The van der Waals surface area contributed by atoms with Crippen molar-refractivity contribution in [1.29, 1.82) is 0 Å². The van der Waals surface area contributed by atoms with Crippen LogP contribution in [0.2, 0.25) is 0 Å². The standard InChI is InChI=1S/C24H28N6O3/c1-24(2,3)33-23(32)26-18(13-16-15-29(4)19-10-6-5-9-17(16)19)22(31)25-14-21-28-27-20-11-7-8-12-30(20)21/h5-12,15,18H,13-14H2,1-4H3,(H,25,31)(H,26,32). The largest absolute Gasteiger partial charge is 0.444 e. The maximum Gasteiger partial charge on any atom is 0.408 e. The fourth-order valence-corrected chi connectivity index (χ4v) is 3.77. The van der Waals surface area contributed by atoms with E-state index in [4.69, 9.17) is 4.74 Å². The van der Waals surface area contributed by atoms with Crippen molar-refractivity contribution in [3.05, 3.63) is 66.2 Å². The highest BCUT2D eigenvalue weighted by Gasteiger charge is 2.26. The Balaban J connectivity index is 1.54. The number of rotatable bonds is 6. The smallest absolute Gasteiger partial charge is 0.408 e. The van der Waals surface area contributed by atoms with Gasteiger partial charge >= 0.3 is 6.09 Å². The lowest BCUT2D eigenvalue weighted by molar-refractivity contribution is -0.123. The van der Waals surface area contributed by atoms with E-state index in [1.54, 1.807) is 25.2 Å². The summed E-state index contributed by atoms with van der Waals surface area (Å²) >= 11 is 0. The maximum atomic E-state index is 13.2. The minimum absolute atomic E-state index is 0.173. The minimum atomic E-state index is -0.829. The van der Waals surface area contributed by atoms with E-state index in [1.165, 1.54) is 0 Å². The molecule has 2 N–H and O–H groups in total. The number of aromatic nitrogens is 4. The molecule has 9 nitrogen and oxygen atoms in total. The number of hydrogen-bond acceptors (Lipinski definition) is 5. The van der Waals surface area contributed by atoms with E-state index in [9.17, 15) is 9.59 Å². The topological polar surface area (TPSA) is 103 Å². The molecule has 1 unspecified atom stereocenters. The van der Waals surface area contributed by atoms with Gasteiger partial charge < -0.3 is 19.9 Å². The third kappa shape index (κ3) is 5.14. The van der Waals surface area contributed by atoms with Crippen LogP contribution in [0.5, 0.6) is 0 Å². The molecule has 1 atom stereocenters. The molecule has 172 valence electrons. The number of aryl methyl sites for hydroxylation is 1. The molecule has 4 aromatic rings. The third-order valence-electron chi connectivity index (χ3n) is 5.22. The lowest BCUT2D eigenvalue weighted by Gasteiger charge is -2.23. The molecule has 0 bridgehead atoms. The van der Waals surface area contributed by atoms with Gasteiger partial charge in [0.05, 0.1) is 6.54 Å². The Bertz CT molecular complexity index is 1300. The molecule has 33 heavy (non-hydrogen) atoms. The second-order valence-electron chi connectivity index (χ2n) is 8.95. The van der Waals surface area contributed by atoms with E-state index in [-0.39, 0.29) is 12.5 Å². The van der Waals surface area contributed by atoms with Gasteiger partial charge in [0.2, 0.25) is 5.91 Å². The SMILES string of the molecule is Cn1cc(CC(NC(=O)OC(C)(C)C)C(=O)NCc2nnc3ccccn23)c2ccccc21. The predicted molar refractivity (Wildman–Crippen MR) is 125 cm³/mol. The molecule has 0 saturated carbocycles. The van der Waals surface area contributed by atoms with Crippen molar-refractivity contribution in [2.45, 2.75) is 45.4 Å². The number of nitrogens with one attached hydrogen (secondary N) is 2. The highest BCUT2D eigenvalue weighted by molar-refractivity contribution is 5.88. The van der Waals surface area contributed by atoms with Crippen molar-refractivity contribution in [1.82, 2.24) is 29.8 Å². The van der Waals surface area contributed by atoms with Gasteiger partial charge in [0.25, 0.3) is 0 Å². The van der Waals surface area contributed by atoms with Gasteiger partial charge in [-0.15, -0.1) is 10.2 Å². The first kappa shape index (κ1) is 22.3. The third-order valence-corrected chi connectivity index (χ3v) is 5.22. The monoisotopic (exact) mass is 448 g/mol. The fraction of sp³-hybridized carbons (Fsp3) is 0.333. The molecule has 0 spiro atoms. The van der Waals surface area contributed by atoms with Crippen LogP contribution in [0.25, 0.3) is 16.6 Å². The average Bonchev–Trinajstić information content (AvgIpc) is 3.31. The van der Waals surface area contributed by atoms with E-state index in [0.717, 1.165) is 16.5 Å². The van der Waals surface area contributed by atoms with Gasteiger partial charge in [-0.3, -0.25) is 9.20 Å². The molecule has 1 aromatic carbocycles. The van der Waals surface area contributed by atoms with Crippen molar-refractivity contribution in [2.75, 3.05) is 0 Å². The van der Waals surface area contributed by atoms with Gasteiger partial charge in [-0.05, 0) is 44.5 Å². The summed E-state index contributed by atoms with van der Waals surface area (Å²) in [6.07, 6.45) is 3.49. The lowest BCUT2D eigenvalue weighted by atomic mass is 10.0. The number of hydrogen-bond donors (Lipinski definition) is 2. The van der Waals surface area contributed by atoms with E-state index in [1.807, 2.05) is 66.5 Å². The highest BCUT2D eigenvalue weighted by Crippen LogP contribution is 2.22. The zero-order valence-corrected chi connectivity index (χ0v) is 19.2. The molecular weight excluding hydrogens is 420 g/mol. The quantitative estimate of drug-likeness (QED) is 0.472. The Morgan fingerprint density at radius 3 is 2.64 bits per heavy atom. The summed E-state index contributed by atoms with van der Waals surface area (Å²) in [5.41, 5.74) is 2.03. The molecule has 0 fully saturated rings. The Morgan fingerprint density at radius 2 is 1.85 bits per heavy atom. The maximum absolute atomic E-state index is 13.2. The molecule has 0 aliphatic rings. The summed E-state index contributed by atoms with van der Waals surface area (Å²) < 4.78 is 9.21. The Morgan fingerprint density at radius 1 is 1.09 bits per heavy atom. The van der Waals surface area contributed by atoms with Crippen LogP contribution in [0.4, 0.5) is 4.79 Å². The fourth-order valence-electron chi connectivity index (χ4n) is 3.77. The number of pyridine rings is 1. The summed E-state index contributed by atoms with van der Waals surface area (Å²) in [6.45, 7) is 5.51. The Hall–Kier alpha value is -3.88. The van der Waals surface area contributed by atoms with E-state index >= 15 is 0 Å². The number of alkyl carbamates (subject to hydrolysis) is 1. The van der Waals surface area contributed by atoms with E-state index in [0.29, 0.717) is 17.9 Å². The molecule has 3 aromatic heterocycles. The van der Waals surface area contributed by atoms with Crippen LogP contribution >= 0.6 is 0 Å². The first-order valence-electron chi connectivity index (χ1n) is 10.8. The number of carbonyl (C=O) groups is 2. The summed E-state index contributed by atoms with van der Waals surface area (Å²) in [7, 11) is 1.96. The van der Waals surface area contributed by atoms with Crippen LogP contribution in [-0.2, 0) is 29.5 Å². The number of ether oxygens (including phenoxy) is 1. The molecular formula is C24H28N6O3. The zero-order valence-electron chi connectivity index (χ0n) is 19.2. The predicted octanol–water partition coefficient (Wildman–Crippen LogP) is 2.97. The van der Waals surface area contributed by atoms with Gasteiger partial charge in [0.15, 0.2) is 11.5 Å². The van der Waals surface area contributed by atoms with Crippen LogP contribution in [-0.4, -0.2) is 42.8 Å². The van der Waals surface area contributed by atoms with Crippen LogP contribution < -0.4 is 10.6 Å². The van der Waals surface area contributed by atoms with Gasteiger partial charge in [-0.1, -0.05) is 24.3 Å². The van der Waals surface area contributed by atoms with E-state index < -0.39 is 17.7 Å². The molecule has 0 saturated heterocycles. The zero-order chi connectivity index (χ0) is 23.6. The number of para-hydroxylation sites is 1. The molecule has 3 heterocycles. The summed E-state index contributed by atoms with van der Waals surface area (Å²) in [6, 6.07) is 12.7. The lowest BCUT2D eigenvalue weighted by Crippen LogP contribution is -2.49. The van der Waals surface area contributed by atoms with Crippen LogP contribution in [0, 0.1) is 0 Å². The number of benzene rings is 1. The summed E-state index contributed by atoms with van der Waals surface area (Å²) in [5.74, 6) is 0.265. The molecule has 0 aliphatic carbocycles. The van der Waals surface area contributed by atoms with Crippen LogP contribution in [0.1, 0.15) is 32.2 Å². The minimum Gasteiger partial charge on any atom is -0.444 e. The first-order valence-corrected chi connectivity index (χ1v) is 10.8. The second-order valence-corrected chi connectivity index (χ2v) is 8.95. The molecule has 0 aliphatic heterocycles. The van der Waals surface area contributed by atoms with Crippen molar-refractivity contribution in [3.63, 3.8) is 0 Å². The molecule has 4 rings (SSSR count). The Labute approximate surface area is 191 Å². The van der Waals surface area contributed by atoms with Crippen LogP contribution in [0.3, 0.4) is 0 Å². The summed E-state index contributed by atoms with van der Waals surface area (Å²) in [4.78, 5) is 25.7. The number of carbonyl (C=O) groups excluding carboxylic acids is 2. The van der Waals surface area contributed by atoms with Gasteiger partial charge in [0, 0.05) is 36.8 Å². The average molecular weight is 449 g/mol. The van der Waals surface area contributed by atoms with Crippen molar-refractivity contribution < 1.29 is 14.3 Å². The normalized spacial score (nSPS) is 12.6. The number of amides is 2. The van der Waals surface area contributed by atoms with Gasteiger partial charge in [-0.25, -0.2) is 4.79 Å².